The number of phenolic OH excluding ortho intramolecular Hbond substituents is 1. The zero-order chi connectivity index (χ0) is 18.8. The Morgan fingerprint density at radius 3 is 2.44 bits per heavy atom. The van der Waals surface area contributed by atoms with E-state index < -0.39 is 0 Å². The second kappa shape index (κ2) is 7.39. The lowest BCUT2D eigenvalue weighted by Gasteiger charge is -2.24. The molecular weight excluding hydrogens is 342 g/mol. The monoisotopic (exact) mass is 367 g/mol. The van der Waals surface area contributed by atoms with Gasteiger partial charge >= 0.3 is 0 Å². The number of hydrogen-bond acceptors (Lipinski definition) is 5. The standard InChI is InChI=1S/C21H25N3O3/c1-26-16-12-14(13-17(27-2)20(16)25)19-21(22-15-8-4-3-5-9-15)24-11-7-6-10-18(24)23-19/h6-7,10-13,15,22,25H,3-5,8-9H2,1-2H3. The van der Waals surface area contributed by atoms with E-state index in [-0.39, 0.29) is 5.75 Å². The number of aromatic nitrogens is 2. The number of anilines is 1. The molecule has 4 rings (SSSR count). The molecule has 1 aliphatic carbocycles. The quantitative estimate of drug-likeness (QED) is 0.696. The SMILES string of the molecule is COc1cc(-c2nc3ccccn3c2NC2CCCCC2)cc(OC)c1O. The molecule has 27 heavy (non-hydrogen) atoms. The number of fused-ring (bicyclic) bond motifs is 1. The number of aromatic hydroxyl groups is 1. The summed E-state index contributed by atoms with van der Waals surface area (Å²) in [6.07, 6.45) is 8.18. The molecule has 0 saturated heterocycles. The van der Waals surface area contributed by atoms with Gasteiger partial charge in [0.25, 0.3) is 0 Å². The minimum atomic E-state index is -0.00527. The highest BCUT2D eigenvalue weighted by Gasteiger charge is 2.21. The summed E-state index contributed by atoms with van der Waals surface area (Å²) in [7, 11) is 3.06. The molecule has 3 aromatic rings. The zero-order valence-electron chi connectivity index (χ0n) is 15.7. The molecule has 2 aromatic heterocycles. The van der Waals surface area contributed by atoms with E-state index in [0.717, 1.165) is 22.7 Å². The lowest BCUT2D eigenvalue weighted by molar-refractivity contribution is 0.340. The summed E-state index contributed by atoms with van der Waals surface area (Å²) in [5.41, 5.74) is 2.53. The Labute approximate surface area is 158 Å². The molecule has 2 N–H and O–H groups in total. The molecule has 142 valence electrons. The number of methoxy groups -OCH3 is 2. The average Bonchev–Trinajstić information content (AvgIpc) is 3.07. The van der Waals surface area contributed by atoms with Crippen molar-refractivity contribution in [1.82, 2.24) is 9.38 Å². The minimum absolute atomic E-state index is 0.00527. The molecule has 6 nitrogen and oxygen atoms in total. The van der Waals surface area contributed by atoms with Crippen LogP contribution in [0.15, 0.2) is 36.5 Å². The highest BCUT2D eigenvalue weighted by Crippen LogP contribution is 2.42. The molecule has 0 amide bonds. The minimum Gasteiger partial charge on any atom is -0.502 e. The Morgan fingerprint density at radius 1 is 1.07 bits per heavy atom. The number of ether oxygens (including phenoxy) is 2. The fourth-order valence-electron chi connectivity index (χ4n) is 3.81. The van der Waals surface area contributed by atoms with Gasteiger partial charge in [-0.25, -0.2) is 4.98 Å². The molecule has 0 atom stereocenters. The van der Waals surface area contributed by atoms with Crippen molar-refractivity contribution in [3.63, 3.8) is 0 Å². The van der Waals surface area contributed by atoms with Crippen molar-refractivity contribution in [2.45, 2.75) is 38.1 Å². The Kier molecular flexibility index (Phi) is 4.79. The highest BCUT2D eigenvalue weighted by atomic mass is 16.5. The Morgan fingerprint density at radius 2 is 1.78 bits per heavy atom. The largest absolute Gasteiger partial charge is 0.502 e. The average molecular weight is 367 g/mol. The number of rotatable bonds is 5. The fourth-order valence-corrected chi connectivity index (χ4v) is 3.81. The summed E-state index contributed by atoms with van der Waals surface area (Å²) >= 11 is 0. The first-order chi connectivity index (χ1) is 13.2. The Bertz CT molecular complexity index is 920. The molecule has 0 aliphatic heterocycles. The van der Waals surface area contributed by atoms with Crippen LogP contribution in [-0.2, 0) is 0 Å². The van der Waals surface area contributed by atoms with Gasteiger partial charge in [-0.2, -0.15) is 0 Å². The fraction of sp³-hybridized carbons (Fsp3) is 0.381. The van der Waals surface area contributed by atoms with Crippen LogP contribution >= 0.6 is 0 Å². The maximum absolute atomic E-state index is 10.2. The number of benzene rings is 1. The van der Waals surface area contributed by atoms with Crippen LogP contribution in [0.2, 0.25) is 0 Å². The number of nitrogens with zero attached hydrogens (tertiary/aromatic N) is 2. The number of nitrogens with one attached hydrogen (secondary N) is 1. The molecule has 2 heterocycles. The number of pyridine rings is 1. The molecule has 6 heteroatoms. The maximum Gasteiger partial charge on any atom is 0.200 e. The van der Waals surface area contributed by atoms with E-state index in [1.165, 1.54) is 46.3 Å². The van der Waals surface area contributed by atoms with Gasteiger partial charge in [-0.15, -0.1) is 0 Å². The summed E-state index contributed by atoms with van der Waals surface area (Å²) in [6, 6.07) is 10.0. The molecule has 1 fully saturated rings. The van der Waals surface area contributed by atoms with Gasteiger partial charge in [0.2, 0.25) is 5.75 Å². The lowest BCUT2D eigenvalue weighted by atomic mass is 9.95. The van der Waals surface area contributed by atoms with Crippen LogP contribution in [0.4, 0.5) is 5.82 Å². The summed E-state index contributed by atoms with van der Waals surface area (Å²) in [5.74, 6) is 1.69. The van der Waals surface area contributed by atoms with E-state index in [2.05, 4.69) is 9.72 Å². The topological polar surface area (TPSA) is 68.0 Å². The molecule has 0 unspecified atom stereocenters. The van der Waals surface area contributed by atoms with Gasteiger partial charge in [0.05, 0.1) is 14.2 Å². The normalized spacial score (nSPS) is 15.0. The zero-order valence-corrected chi connectivity index (χ0v) is 15.7. The van der Waals surface area contributed by atoms with Gasteiger partial charge in [0.15, 0.2) is 11.5 Å². The van der Waals surface area contributed by atoms with E-state index in [4.69, 9.17) is 14.5 Å². The third-order valence-corrected chi connectivity index (χ3v) is 5.23. The van der Waals surface area contributed by atoms with Gasteiger partial charge in [0, 0.05) is 17.8 Å². The first-order valence-corrected chi connectivity index (χ1v) is 9.40. The van der Waals surface area contributed by atoms with E-state index in [1.807, 2.05) is 24.4 Å². The van der Waals surface area contributed by atoms with Crippen LogP contribution in [-0.4, -0.2) is 34.8 Å². The van der Waals surface area contributed by atoms with Crippen molar-refractivity contribution in [2.75, 3.05) is 19.5 Å². The molecule has 0 radical (unpaired) electrons. The van der Waals surface area contributed by atoms with Crippen LogP contribution in [0.1, 0.15) is 32.1 Å². The predicted octanol–water partition coefficient (Wildman–Crippen LogP) is 4.47. The second-order valence-corrected chi connectivity index (χ2v) is 6.95. The molecular formula is C21H25N3O3. The number of phenols is 1. The van der Waals surface area contributed by atoms with Crippen molar-refractivity contribution < 1.29 is 14.6 Å². The summed E-state index contributed by atoms with van der Waals surface area (Å²) in [5, 5.41) is 14.0. The van der Waals surface area contributed by atoms with Gasteiger partial charge in [-0.1, -0.05) is 25.3 Å². The van der Waals surface area contributed by atoms with Gasteiger partial charge in [-0.05, 0) is 37.1 Å². The smallest absolute Gasteiger partial charge is 0.200 e. The van der Waals surface area contributed by atoms with E-state index in [9.17, 15) is 5.11 Å². The molecule has 1 aromatic carbocycles. The number of imidazole rings is 1. The molecule has 1 aliphatic rings. The van der Waals surface area contributed by atoms with Crippen molar-refractivity contribution in [1.29, 1.82) is 0 Å². The van der Waals surface area contributed by atoms with Crippen LogP contribution in [0.5, 0.6) is 17.2 Å². The third-order valence-electron chi connectivity index (χ3n) is 5.23. The third kappa shape index (κ3) is 3.27. The second-order valence-electron chi connectivity index (χ2n) is 6.95. The summed E-state index contributed by atoms with van der Waals surface area (Å²) in [6.45, 7) is 0. The first kappa shape index (κ1) is 17.5. The van der Waals surface area contributed by atoms with Gasteiger partial charge in [-0.3, -0.25) is 4.40 Å². The molecule has 0 spiro atoms. The molecule has 1 saturated carbocycles. The highest BCUT2D eigenvalue weighted by molar-refractivity contribution is 5.79. The van der Waals surface area contributed by atoms with Crippen molar-refractivity contribution in [3.8, 4) is 28.5 Å². The Balaban J connectivity index is 1.84. The first-order valence-electron chi connectivity index (χ1n) is 9.40. The summed E-state index contributed by atoms with van der Waals surface area (Å²) in [4.78, 5) is 4.84. The lowest BCUT2D eigenvalue weighted by Crippen LogP contribution is -2.23. The van der Waals surface area contributed by atoms with Crippen molar-refractivity contribution in [2.24, 2.45) is 0 Å². The predicted molar refractivity (Wildman–Crippen MR) is 106 cm³/mol. The van der Waals surface area contributed by atoms with E-state index in [0.29, 0.717) is 17.5 Å². The van der Waals surface area contributed by atoms with E-state index in [1.54, 1.807) is 12.1 Å². The Hall–Kier alpha value is -2.89. The van der Waals surface area contributed by atoms with E-state index >= 15 is 0 Å². The van der Waals surface area contributed by atoms with Crippen LogP contribution in [0.3, 0.4) is 0 Å². The summed E-state index contributed by atoms with van der Waals surface area (Å²) < 4.78 is 12.7. The number of hydrogen-bond donors (Lipinski definition) is 2. The van der Waals surface area contributed by atoms with Crippen LogP contribution < -0.4 is 14.8 Å². The molecule has 0 bridgehead atoms. The van der Waals surface area contributed by atoms with Crippen LogP contribution in [0, 0.1) is 0 Å². The van der Waals surface area contributed by atoms with Crippen molar-refractivity contribution >= 4 is 11.5 Å². The van der Waals surface area contributed by atoms with Crippen molar-refractivity contribution in [3.05, 3.63) is 36.5 Å². The van der Waals surface area contributed by atoms with Crippen LogP contribution in [0.25, 0.3) is 16.9 Å². The maximum atomic E-state index is 10.2. The van der Waals surface area contributed by atoms with Gasteiger partial charge in [0.1, 0.15) is 17.2 Å². The van der Waals surface area contributed by atoms with Gasteiger partial charge < -0.3 is 19.9 Å².